The summed E-state index contributed by atoms with van der Waals surface area (Å²) >= 11 is 1.56. The van der Waals surface area contributed by atoms with Crippen LogP contribution < -0.4 is 10.1 Å². The first-order chi connectivity index (χ1) is 14.1. The highest BCUT2D eigenvalue weighted by Crippen LogP contribution is 2.30. The van der Waals surface area contributed by atoms with E-state index in [0.717, 1.165) is 42.1 Å². The maximum absolute atomic E-state index is 12.7. The third kappa shape index (κ3) is 4.75. The van der Waals surface area contributed by atoms with E-state index in [-0.39, 0.29) is 11.7 Å². The van der Waals surface area contributed by atoms with Crippen molar-refractivity contribution in [1.82, 2.24) is 14.9 Å². The SMILES string of the molecule is O=C(Nc1cccc(OC(F)F)c1)c1csc2c1CCN(Cc1cncnc1)C2. The molecule has 0 fully saturated rings. The molecule has 0 unspecified atom stereocenters. The Hall–Kier alpha value is -2.91. The number of aromatic nitrogens is 2. The number of amides is 1. The van der Waals surface area contributed by atoms with Gasteiger partial charge in [0.2, 0.25) is 0 Å². The first-order valence-corrected chi connectivity index (χ1v) is 9.88. The third-order valence-corrected chi connectivity index (χ3v) is 5.62. The predicted molar refractivity (Wildman–Crippen MR) is 105 cm³/mol. The summed E-state index contributed by atoms with van der Waals surface area (Å²) in [5, 5.41) is 4.63. The predicted octanol–water partition coefficient (Wildman–Crippen LogP) is 3.95. The molecule has 0 atom stereocenters. The number of nitrogens with one attached hydrogen (secondary N) is 1. The molecular weight excluding hydrogens is 398 g/mol. The molecule has 4 rings (SSSR count). The van der Waals surface area contributed by atoms with Crippen LogP contribution in [0.15, 0.2) is 48.4 Å². The number of thiophene rings is 1. The van der Waals surface area contributed by atoms with Crippen molar-refractivity contribution in [3.63, 3.8) is 0 Å². The van der Waals surface area contributed by atoms with E-state index in [1.54, 1.807) is 23.5 Å². The van der Waals surface area contributed by atoms with Crippen molar-refractivity contribution in [3.05, 3.63) is 69.9 Å². The van der Waals surface area contributed by atoms with Crippen LogP contribution in [0.2, 0.25) is 0 Å². The Kier molecular flexibility index (Phi) is 5.77. The van der Waals surface area contributed by atoms with Gasteiger partial charge < -0.3 is 10.1 Å². The molecule has 1 amide bonds. The fraction of sp³-hybridized carbons (Fsp3) is 0.250. The zero-order chi connectivity index (χ0) is 20.2. The number of anilines is 1. The number of halogens is 2. The van der Waals surface area contributed by atoms with E-state index in [4.69, 9.17) is 0 Å². The summed E-state index contributed by atoms with van der Waals surface area (Å²) in [6.07, 6.45) is 5.89. The number of rotatable bonds is 6. The molecule has 3 heterocycles. The second-order valence-corrected chi connectivity index (χ2v) is 7.58. The van der Waals surface area contributed by atoms with Crippen molar-refractivity contribution >= 4 is 22.9 Å². The van der Waals surface area contributed by atoms with Crippen LogP contribution in [-0.4, -0.2) is 33.9 Å². The average molecular weight is 416 g/mol. The first kappa shape index (κ1) is 19.4. The van der Waals surface area contributed by atoms with Gasteiger partial charge in [0.25, 0.3) is 5.91 Å². The van der Waals surface area contributed by atoms with Crippen molar-refractivity contribution in [1.29, 1.82) is 0 Å². The number of fused-ring (bicyclic) bond motifs is 1. The number of alkyl halides is 2. The molecule has 0 saturated heterocycles. The Labute approximate surface area is 170 Å². The highest BCUT2D eigenvalue weighted by Gasteiger charge is 2.24. The second-order valence-electron chi connectivity index (χ2n) is 6.62. The molecule has 0 bridgehead atoms. The van der Waals surface area contributed by atoms with E-state index < -0.39 is 6.61 Å². The van der Waals surface area contributed by atoms with Crippen LogP contribution in [-0.2, 0) is 19.5 Å². The van der Waals surface area contributed by atoms with E-state index >= 15 is 0 Å². The van der Waals surface area contributed by atoms with Gasteiger partial charge in [-0.1, -0.05) is 6.07 Å². The van der Waals surface area contributed by atoms with Gasteiger partial charge in [-0.3, -0.25) is 9.69 Å². The molecule has 0 radical (unpaired) electrons. The minimum absolute atomic E-state index is 0.00526. The van der Waals surface area contributed by atoms with Crippen LogP contribution in [0.4, 0.5) is 14.5 Å². The molecule has 1 aliphatic rings. The number of carbonyl (C=O) groups is 1. The number of nitrogens with zero attached hydrogens (tertiary/aromatic N) is 3. The molecule has 29 heavy (non-hydrogen) atoms. The van der Waals surface area contributed by atoms with Gasteiger partial charge in [0, 0.05) is 59.6 Å². The summed E-state index contributed by atoms with van der Waals surface area (Å²) in [6, 6.07) is 5.99. The fourth-order valence-corrected chi connectivity index (χ4v) is 4.45. The summed E-state index contributed by atoms with van der Waals surface area (Å²) in [7, 11) is 0. The van der Waals surface area contributed by atoms with E-state index in [1.807, 2.05) is 17.8 Å². The molecule has 0 saturated carbocycles. The van der Waals surface area contributed by atoms with Crippen LogP contribution >= 0.6 is 11.3 Å². The number of hydrogen-bond donors (Lipinski definition) is 1. The molecule has 6 nitrogen and oxygen atoms in total. The minimum atomic E-state index is -2.91. The van der Waals surface area contributed by atoms with Gasteiger partial charge in [0.05, 0.1) is 5.56 Å². The Balaban J connectivity index is 1.43. The quantitative estimate of drug-likeness (QED) is 0.659. The van der Waals surface area contributed by atoms with Gasteiger partial charge in [-0.25, -0.2) is 9.97 Å². The average Bonchev–Trinajstić information content (AvgIpc) is 3.12. The smallest absolute Gasteiger partial charge is 0.387 e. The van der Waals surface area contributed by atoms with Gasteiger partial charge in [-0.05, 0) is 24.1 Å². The molecule has 1 N–H and O–H groups in total. The van der Waals surface area contributed by atoms with E-state index in [2.05, 4.69) is 24.9 Å². The van der Waals surface area contributed by atoms with Gasteiger partial charge in [0.15, 0.2) is 0 Å². The standard InChI is InChI=1S/C20H18F2N4O2S/c21-20(22)28-15-3-1-2-14(6-15)25-19(27)17-11-29-18-10-26(5-4-16(17)18)9-13-7-23-12-24-8-13/h1-3,6-8,11-12,20H,4-5,9-10H2,(H,25,27). The molecule has 0 aliphatic carbocycles. The minimum Gasteiger partial charge on any atom is -0.435 e. The van der Waals surface area contributed by atoms with Crippen molar-refractivity contribution in [2.75, 3.05) is 11.9 Å². The Morgan fingerprint density at radius 3 is 2.93 bits per heavy atom. The van der Waals surface area contributed by atoms with Crippen LogP contribution in [0, 0.1) is 0 Å². The van der Waals surface area contributed by atoms with E-state index in [9.17, 15) is 13.6 Å². The van der Waals surface area contributed by atoms with E-state index in [1.165, 1.54) is 18.5 Å². The highest BCUT2D eigenvalue weighted by molar-refractivity contribution is 7.10. The van der Waals surface area contributed by atoms with Crippen LogP contribution in [0.5, 0.6) is 5.75 Å². The Morgan fingerprint density at radius 2 is 2.14 bits per heavy atom. The van der Waals surface area contributed by atoms with Crippen LogP contribution in [0.3, 0.4) is 0 Å². The second kappa shape index (κ2) is 8.62. The number of carbonyl (C=O) groups excluding carboxylic acids is 1. The van der Waals surface area contributed by atoms with Crippen molar-refractivity contribution in [2.45, 2.75) is 26.1 Å². The monoisotopic (exact) mass is 416 g/mol. The Bertz CT molecular complexity index is 997. The lowest BCUT2D eigenvalue weighted by Crippen LogP contribution is -2.30. The highest BCUT2D eigenvalue weighted by atomic mass is 32.1. The van der Waals surface area contributed by atoms with Crippen LogP contribution in [0.25, 0.3) is 0 Å². The topological polar surface area (TPSA) is 67.3 Å². The van der Waals surface area contributed by atoms with E-state index in [0.29, 0.717) is 11.3 Å². The van der Waals surface area contributed by atoms with Gasteiger partial charge in [-0.15, -0.1) is 11.3 Å². The molecule has 0 spiro atoms. The lowest BCUT2D eigenvalue weighted by molar-refractivity contribution is -0.0497. The molecule has 9 heteroatoms. The Morgan fingerprint density at radius 1 is 1.31 bits per heavy atom. The lowest BCUT2D eigenvalue weighted by atomic mass is 10.0. The molecule has 1 aliphatic heterocycles. The zero-order valence-corrected chi connectivity index (χ0v) is 16.2. The largest absolute Gasteiger partial charge is 0.435 e. The van der Waals surface area contributed by atoms with Crippen molar-refractivity contribution < 1.29 is 18.3 Å². The fourth-order valence-electron chi connectivity index (χ4n) is 3.33. The molecule has 2 aromatic heterocycles. The van der Waals surface area contributed by atoms with Crippen molar-refractivity contribution in [2.24, 2.45) is 0 Å². The summed E-state index contributed by atoms with van der Waals surface area (Å²) in [5.74, 6) is -0.243. The van der Waals surface area contributed by atoms with Crippen LogP contribution in [0.1, 0.15) is 26.4 Å². The summed E-state index contributed by atoms with van der Waals surface area (Å²) in [4.78, 5) is 24.3. The zero-order valence-electron chi connectivity index (χ0n) is 15.3. The first-order valence-electron chi connectivity index (χ1n) is 9.00. The number of hydrogen-bond acceptors (Lipinski definition) is 6. The van der Waals surface area contributed by atoms with Gasteiger partial charge in [-0.2, -0.15) is 8.78 Å². The molecule has 150 valence electrons. The van der Waals surface area contributed by atoms with Gasteiger partial charge >= 0.3 is 6.61 Å². The normalized spacial score (nSPS) is 13.9. The maximum Gasteiger partial charge on any atom is 0.387 e. The number of ether oxygens (including phenoxy) is 1. The number of benzene rings is 1. The lowest BCUT2D eigenvalue weighted by Gasteiger charge is -2.27. The molecule has 3 aromatic rings. The summed E-state index contributed by atoms with van der Waals surface area (Å²) < 4.78 is 29.1. The maximum atomic E-state index is 12.7. The summed E-state index contributed by atoms with van der Waals surface area (Å²) in [5.41, 5.74) is 3.15. The van der Waals surface area contributed by atoms with Crippen molar-refractivity contribution in [3.8, 4) is 5.75 Å². The molecule has 1 aromatic carbocycles. The third-order valence-electron chi connectivity index (χ3n) is 4.61. The summed E-state index contributed by atoms with van der Waals surface area (Å²) in [6.45, 7) is -0.553. The van der Waals surface area contributed by atoms with Gasteiger partial charge in [0.1, 0.15) is 12.1 Å². The molecular formula is C20H18F2N4O2S.